The third-order valence-corrected chi connectivity index (χ3v) is 5.04. The highest BCUT2D eigenvalue weighted by molar-refractivity contribution is 5.87. The Bertz CT molecular complexity index is 1190. The Hall–Kier alpha value is -3.69. The number of likely N-dealkylation sites (tertiary alicyclic amines) is 1. The number of hydrogen-bond acceptors (Lipinski definition) is 7. The molecular weight excluding hydrogens is 358 g/mol. The van der Waals surface area contributed by atoms with Gasteiger partial charge in [0.25, 0.3) is 0 Å². The van der Waals surface area contributed by atoms with Crippen LogP contribution < -0.4 is 11.1 Å². The molecule has 0 radical (unpaired) electrons. The normalized spacial score (nSPS) is 17.5. The van der Waals surface area contributed by atoms with Crippen molar-refractivity contribution in [1.29, 1.82) is 0 Å². The van der Waals surface area contributed by atoms with Crippen LogP contribution in [0.4, 0.5) is 11.8 Å². The minimum atomic E-state index is -0.337. The minimum absolute atomic E-state index is 0.0417. The van der Waals surface area contributed by atoms with Crippen LogP contribution in [0.1, 0.15) is 12.8 Å². The summed E-state index contributed by atoms with van der Waals surface area (Å²) in [6.45, 7) is 0.772. The van der Waals surface area contributed by atoms with E-state index in [9.17, 15) is 4.79 Å². The Morgan fingerprint density at radius 3 is 2.93 bits per heavy atom. The lowest BCUT2D eigenvalue weighted by atomic mass is 10.1. The second kappa shape index (κ2) is 6.19. The SMILES string of the molecule is CN1CCC[C@H](Nc2nc(N)c3c(-c4ccn5nccc5n4)ccn3n2)C1=O. The first-order valence-corrected chi connectivity index (χ1v) is 9.07. The van der Waals surface area contributed by atoms with Crippen LogP contribution in [0.2, 0.25) is 0 Å². The lowest BCUT2D eigenvalue weighted by molar-refractivity contribution is -0.132. The molecule has 4 aromatic heterocycles. The quantitative estimate of drug-likeness (QED) is 0.548. The van der Waals surface area contributed by atoms with Crippen molar-refractivity contribution in [3.63, 3.8) is 0 Å². The molecule has 1 aliphatic rings. The summed E-state index contributed by atoms with van der Waals surface area (Å²) in [5.74, 6) is 0.698. The molecule has 10 nitrogen and oxygen atoms in total. The number of fused-ring (bicyclic) bond motifs is 2. The molecule has 0 bridgehead atoms. The molecule has 1 fully saturated rings. The summed E-state index contributed by atoms with van der Waals surface area (Å²) in [6.07, 6.45) is 7.04. The third kappa shape index (κ3) is 2.61. The van der Waals surface area contributed by atoms with Crippen molar-refractivity contribution in [1.82, 2.24) is 34.1 Å². The summed E-state index contributed by atoms with van der Waals surface area (Å²) in [7, 11) is 1.80. The van der Waals surface area contributed by atoms with E-state index in [1.54, 1.807) is 27.2 Å². The van der Waals surface area contributed by atoms with Gasteiger partial charge >= 0.3 is 0 Å². The molecule has 0 aromatic carbocycles. The number of anilines is 2. The van der Waals surface area contributed by atoms with E-state index in [-0.39, 0.29) is 11.9 Å². The zero-order chi connectivity index (χ0) is 19.3. The number of likely N-dealkylation sites (N-methyl/N-ethyl adjacent to an activating group) is 1. The largest absolute Gasteiger partial charge is 0.382 e. The number of nitrogens with one attached hydrogen (secondary N) is 1. The maximum absolute atomic E-state index is 12.3. The second-order valence-electron chi connectivity index (χ2n) is 6.89. The third-order valence-electron chi connectivity index (χ3n) is 5.04. The van der Waals surface area contributed by atoms with Crippen LogP contribution in [-0.2, 0) is 4.79 Å². The fourth-order valence-corrected chi connectivity index (χ4v) is 3.60. The molecule has 4 aromatic rings. The lowest BCUT2D eigenvalue weighted by Gasteiger charge is -2.29. The van der Waals surface area contributed by atoms with Gasteiger partial charge in [0.2, 0.25) is 11.9 Å². The molecule has 10 heteroatoms. The van der Waals surface area contributed by atoms with E-state index in [2.05, 4.69) is 25.5 Å². The van der Waals surface area contributed by atoms with Gasteiger partial charge < -0.3 is 16.0 Å². The average molecular weight is 377 g/mol. The molecule has 1 amide bonds. The molecule has 1 aliphatic heterocycles. The van der Waals surface area contributed by atoms with Gasteiger partial charge in [0.05, 0.1) is 11.9 Å². The van der Waals surface area contributed by atoms with Crippen molar-refractivity contribution in [3.05, 3.63) is 36.8 Å². The first kappa shape index (κ1) is 16.5. The van der Waals surface area contributed by atoms with E-state index >= 15 is 0 Å². The highest BCUT2D eigenvalue weighted by Crippen LogP contribution is 2.28. The van der Waals surface area contributed by atoms with E-state index in [4.69, 9.17) is 5.73 Å². The summed E-state index contributed by atoms with van der Waals surface area (Å²) in [4.78, 5) is 23.0. The minimum Gasteiger partial charge on any atom is -0.382 e. The summed E-state index contributed by atoms with van der Waals surface area (Å²) in [5.41, 5.74) is 9.26. The predicted molar refractivity (Wildman–Crippen MR) is 104 cm³/mol. The summed E-state index contributed by atoms with van der Waals surface area (Å²) >= 11 is 0. The topological polar surface area (TPSA) is 119 Å². The van der Waals surface area contributed by atoms with E-state index in [1.165, 1.54) is 0 Å². The van der Waals surface area contributed by atoms with Gasteiger partial charge in [-0.3, -0.25) is 4.79 Å². The van der Waals surface area contributed by atoms with Crippen molar-refractivity contribution in [2.45, 2.75) is 18.9 Å². The number of carbonyl (C=O) groups excluding carboxylic acids is 1. The predicted octanol–water partition coefficient (Wildman–Crippen LogP) is 1.05. The summed E-state index contributed by atoms with van der Waals surface area (Å²) < 4.78 is 3.36. The van der Waals surface area contributed by atoms with Crippen LogP contribution in [0.5, 0.6) is 0 Å². The number of aromatic nitrogens is 6. The maximum atomic E-state index is 12.3. The number of amides is 1. The first-order chi connectivity index (χ1) is 13.6. The van der Waals surface area contributed by atoms with Crippen LogP contribution in [0.25, 0.3) is 22.4 Å². The molecule has 28 heavy (non-hydrogen) atoms. The van der Waals surface area contributed by atoms with E-state index in [1.807, 2.05) is 30.6 Å². The monoisotopic (exact) mass is 377 g/mol. The van der Waals surface area contributed by atoms with E-state index in [0.29, 0.717) is 17.3 Å². The zero-order valence-corrected chi connectivity index (χ0v) is 15.3. The number of nitrogen functional groups attached to an aromatic ring is 1. The molecule has 142 valence electrons. The number of carbonyl (C=O) groups is 1. The molecule has 0 aliphatic carbocycles. The molecule has 5 heterocycles. The summed E-state index contributed by atoms with van der Waals surface area (Å²) in [5, 5.41) is 11.8. The van der Waals surface area contributed by atoms with Gasteiger partial charge in [-0.1, -0.05) is 0 Å². The van der Waals surface area contributed by atoms with Crippen LogP contribution in [0.15, 0.2) is 36.8 Å². The van der Waals surface area contributed by atoms with Gasteiger partial charge in [-0.15, -0.1) is 5.10 Å². The van der Waals surface area contributed by atoms with Crippen molar-refractivity contribution in [2.24, 2.45) is 0 Å². The number of piperidine rings is 1. The van der Waals surface area contributed by atoms with Crippen LogP contribution >= 0.6 is 0 Å². The zero-order valence-electron chi connectivity index (χ0n) is 15.3. The Labute approximate surface area is 160 Å². The van der Waals surface area contributed by atoms with Crippen LogP contribution in [0, 0.1) is 0 Å². The second-order valence-corrected chi connectivity index (χ2v) is 6.89. The van der Waals surface area contributed by atoms with Gasteiger partial charge in [0.1, 0.15) is 11.6 Å². The maximum Gasteiger partial charge on any atom is 0.244 e. The molecule has 3 N–H and O–H groups in total. The Morgan fingerprint density at radius 1 is 1.18 bits per heavy atom. The number of nitrogens with zero attached hydrogens (tertiary/aromatic N) is 7. The molecule has 0 saturated carbocycles. The fraction of sp³-hybridized carbons (Fsp3) is 0.278. The van der Waals surface area contributed by atoms with Crippen molar-refractivity contribution in [2.75, 3.05) is 24.6 Å². The van der Waals surface area contributed by atoms with Gasteiger partial charge in [0, 0.05) is 37.6 Å². The molecule has 5 rings (SSSR count). The molecule has 0 unspecified atom stereocenters. The Balaban J connectivity index is 1.51. The van der Waals surface area contributed by atoms with Gasteiger partial charge in [-0.05, 0) is 25.0 Å². The fourth-order valence-electron chi connectivity index (χ4n) is 3.60. The smallest absolute Gasteiger partial charge is 0.244 e. The Kier molecular flexibility index (Phi) is 3.64. The van der Waals surface area contributed by atoms with Gasteiger partial charge in [-0.25, -0.2) is 14.0 Å². The van der Waals surface area contributed by atoms with Crippen molar-refractivity contribution in [3.8, 4) is 11.3 Å². The van der Waals surface area contributed by atoms with E-state index < -0.39 is 0 Å². The van der Waals surface area contributed by atoms with Gasteiger partial charge in [0.15, 0.2) is 11.5 Å². The highest BCUT2D eigenvalue weighted by Gasteiger charge is 2.27. The average Bonchev–Trinajstić information content (AvgIpc) is 3.31. The van der Waals surface area contributed by atoms with E-state index in [0.717, 1.165) is 36.3 Å². The number of nitrogens with two attached hydrogens (primary N) is 1. The van der Waals surface area contributed by atoms with Crippen molar-refractivity contribution >= 4 is 28.8 Å². The molecule has 0 spiro atoms. The summed E-state index contributed by atoms with van der Waals surface area (Å²) in [6, 6.07) is 5.27. The standard InChI is InChI=1S/C18H19N9O/c1-25-8-2-3-13(17(25)28)22-18-23-16(19)15-11(5-9-27(15)24-18)12-6-10-26-14(21-12)4-7-20-26/h4-7,9-10,13H,2-3,8H2,1H3,(H3,19,22,23,24)/t13-/m0/s1. The lowest BCUT2D eigenvalue weighted by Crippen LogP contribution is -2.45. The first-order valence-electron chi connectivity index (χ1n) is 9.07. The Morgan fingerprint density at radius 2 is 2.04 bits per heavy atom. The molecule has 1 atom stereocenters. The van der Waals surface area contributed by atoms with Crippen LogP contribution in [-0.4, -0.2) is 59.6 Å². The number of hydrogen-bond donors (Lipinski definition) is 2. The van der Waals surface area contributed by atoms with Crippen molar-refractivity contribution < 1.29 is 4.79 Å². The highest BCUT2D eigenvalue weighted by atomic mass is 16.2. The molecule has 1 saturated heterocycles. The van der Waals surface area contributed by atoms with Crippen LogP contribution in [0.3, 0.4) is 0 Å². The molecular formula is C18H19N9O. The number of rotatable bonds is 3. The van der Waals surface area contributed by atoms with Gasteiger partial charge in [-0.2, -0.15) is 10.1 Å².